The molecule has 5 nitrogen and oxygen atoms in total. The van der Waals surface area contributed by atoms with E-state index in [0.29, 0.717) is 11.5 Å². The second-order valence-electron chi connectivity index (χ2n) is 3.55. The lowest BCUT2D eigenvalue weighted by molar-refractivity contribution is 0.151. The van der Waals surface area contributed by atoms with Crippen LogP contribution in [-0.4, -0.2) is 7.05 Å². The van der Waals surface area contributed by atoms with Crippen molar-refractivity contribution in [2.75, 3.05) is 7.05 Å². The molecular formula is C13H14NO4P. The summed E-state index contributed by atoms with van der Waals surface area (Å²) in [5.74, 6) is 0.800. The molecule has 0 heterocycles. The summed E-state index contributed by atoms with van der Waals surface area (Å²) in [6.07, 6.45) is 0. The van der Waals surface area contributed by atoms with E-state index in [-0.39, 0.29) is 0 Å². The van der Waals surface area contributed by atoms with Crippen LogP contribution < -0.4 is 14.5 Å². The van der Waals surface area contributed by atoms with E-state index >= 15 is 0 Å². The van der Waals surface area contributed by atoms with Crippen LogP contribution in [0.5, 0.6) is 11.5 Å². The maximum atomic E-state index is 12.4. The number of hydrogen-bond donors (Lipinski definition) is 1. The summed E-state index contributed by atoms with van der Waals surface area (Å²) in [6, 6.07) is 17.4. The Hall–Kier alpha value is -1.81. The average molecular weight is 279 g/mol. The van der Waals surface area contributed by atoms with E-state index in [0.717, 1.165) is 0 Å². The van der Waals surface area contributed by atoms with Crippen molar-refractivity contribution in [1.29, 1.82) is 0 Å². The Morgan fingerprint density at radius 1 is 0.842 bits per heavy atom. The predicted octanol–water partition coefficient (Wildman–Crippen LogP) is 3.40. The van der Waals surface area contributed by atoms with Crippen LogP contribution in [0.2, 0.25) is 0 Å². The van der Waals surface area contributed by atoms with Gasteiger partial charge in [0.15, 0.2) is 0 Å². The number of benzene rings is 2. The first-order valence-corrected chi connectivity index (χ1v) is 7.12. The summed E-state index contributed by atoms with van der Waals surface area (Å²) in [6.45, 7) is 0. The van der Waals surface area contributed by atoms with Gasteiger partial charge >= 0.3 is 7.82 Å². The molecule has 1 N–H and O–H groups in total. The largest absolute Gasteiger partial charge is 0.604 e. The molecule has 19 heavy (non-hydrogen) atoms. The Balaban J connectivity index is 2.16. The van der Waals surface area contributed by atoms with Gasteiger partial charge in [-0.1, -0.05) is 36.4 Å². The van der Waals surface area contributed by atoms with Crippen LogP contribution in [0.4, 0.5) is 0 Å². The molecule has 0 aromatic heterocycles. The van der Waals surface area contributed by atoms with E-state index in [1.165, 1.54) is 7.05 Å². The number of hydrogen-bond acceptors (Lipinski definition) is 5. The zero-order chi connectivity index (χ0) is 13.6. The summed E-state index contributed by atoms with van der Waals surface area (Å²) in [7, 11) is -2.29. The summed E-state index contributed by atoms with van der Waals surface area (Å²) >= 11 is 0. The Bertz CT molecular complexity index is 502. The molecular weight excluding hydrogens is 265 g/mol. The average Bonchev–Trinajstić information content (AvgIpc) is 2.41. The minimum absolute atomic E-state index is 0.400. The molecule has 0 saturated carbocycles. The highest BCUT2D eigenvalue weighted by atomic mass is 31.2. The molecule has 0 fully saturated rings. The van der Waals surface area contributed by atoms with Crippen molar-refractivity contribution in [2.24, 2.45) is 0 Å². The molecule has 0 saturated heterocycles. The monoisotopic (exact) mass is 279 g/mol. The maximum Gasteiger partial charge on any atom is 0.604 e. The number of hydroxylamine groups is 1. The summed E-state index contributed by atoms with van der Waals surface area (Å²) < 4.78 is 27.9. The molecule has 0 atom stereocenters. The van der Waals surface area contributed by atoms with E-state index < -0.39 is 7.82 Å². The van der Waals surface area contributed by atoms with Gasteiger partial charge in [0.25, 0.3) is 0 Å². The molecule has 0 amide bonds. The third-order valence-electron chi connectivity index (χ3n) is 2.12. The fourth-order valence-corrected chi connectivity index (χ4v) is 2.48. The van der Waals surface area contributed by atoms with Gasteiger partial charge in [-0.15, -0.1) is 0 Å². The number of rotatable bonds is 6. The van der Waals surface area contributed by atoms with E-state index in [9.17, 15) is 4.57 Å². The van der Waals surface area contributed by atoms with Crippen LogP contribution in [0, 0.1) is 0 Å². The molecule has 0 aliphatic carbocycles. The molecule has 100 valence electrons. The molecule has 2 rings (SSSR count). The minimum Gasteiger partial charge on any atom is -0.394 e. The minimum atomic E-state index is -3.77. The lowest BCUT2D eigenvalue weighted by Crippen LogP contribution is -2.12. The first-order valence-electron chi connectivity index (χ1n) is 5.66. The SMILES string of the molecule is CNOP(=O)(Oc1ccccc1)Oc1ccccc1. The number of phosphoric acid groups is 1. The van der Waals surface area contributed by atoms with E-state index in [1.54, 1.807) is 48.5 Å². The second kappa shape index (κ2) is 6.38. The molecule has 0 radical (unpaired) electrons. The highest BCUT2D eigenvalue weighted by molar-refractivity contribution is 7.49. The van der Waals surface area contributed by atoms with Crippen molar-refractivity contribution in [2.45, 2.75) is 0 Å². The topological polar surface area (TPSA) is 56.8 Å². The highest BCUT2D eigenvalue weighted by Gasteiger charge is 2.31. The van der Waals surface area contributed by atoms with Gasteiger partial charge in [0, 0.05) is 7.05 Å². The molecule has 6 heteroatoms. The predicted molar refractivity (Wildman–Crippen MR) is 71.9 cm³/mol. The summed E-state index contributed by atoms with van der Waals surface area (Å²) in [5, 5.41) is 0. The van der Waals surface area contributed by atoms with E-state index in [2.05, 4.69) is 5.48 Å². The molecule has 0 aliphatic rings. The zero-order valence-electron chi connectivity index (χ0n) is 10.4. The second-order valence-corrected chi connectivity index (χ2v) is 4.99. The van der Waals surface area contributed by atoms with Crippen molar-refractivity contribution in [3.8, 4) is 11.5 Å². The normalized spacial score (nSPS) is 11.0. The van der Waals surface area contributed by atoms with Crippen molar-refractivity contribution < 1.29 is 18.2 Å². The molecule has 0 spiro atoms. The number of para-hydroxylation sites is 2. The summed E-state index contributed by atoms with van der Waals surface area (Å²) in [5.41, 5.74) is 2.34. The third-order valence-corrected chi connectivity index (χ3v) is 3.40. The van der Waals surface area contributed by atoms with Gasteiger partial charge in [-0.25, -0.2) is 4.57 Å². The van der Waals surface area contributed by atoms with Gasteiger partial charge in [-0.2, -0.15) is 10.1 Å². The van der Waals surface area contributed by atoms with Crippen molar-refractivity contribution in [3.63, 3.8) is 0 Å². The van der Waals surface area contributed by atoms with E-state index in [4.69, 9.17) is 13.7 Å². The van der Waals surface area contributed by atoms with Crippen LogP contribution in [0.15, 0.2) is 60.7 Å². The fraction of sp³-hybridized carbons (Fsp3) is 0.0769. The Labute approximate surface area is 111 Å². The van der Waals surface area contributed by atoms with Gasteiger partial charge in [-0.05, 0) is 24.3 Å². The van der Waals surface area contributed by atoms with Gasteiger partial charge in [0.2, 0.25) is 0 Å². The molecule has 0 bridgehead atoms. The highest BCUT2D eigenvalue weighted by Crippen LogP contribution is 2.48. The zero-order valence-corrected chi connectivity index (χ0v) is 11.2. The Kier molecular flexibility index (Phi) is 4.58. The van der Waals surface area contributed by atoms with Gasteiger partial charge in [0.05, 0.1) is 0 Å². The molecule has 0 unspecified atom stereocenters. The van der Waals surface area contributed by atoms with Gasteiger partial charge < -0.3 is 9.05 Å². The quantitative estimate of drug-likeness (QED) is 0.648. The van der Waals surface area contributed by atoms with Crippen molar-refractivity contribution >= 4 is 7.82 Å². The maximum absolute atomic E-state index is 12.4. The lowest BCUT2D eigenvalue weighted by atomic mass is 10.3. The molecule has 2 aromatic rings. The van der Waals surface area contributed by atoms with Crippen molar-refractivity contribution in [3.05, 3.63) is 60.7 Å². The van der Waals surface area contributed by atoms with Crippen LogP contribution in [0.1, 0.15) is 0 Å². The van der Waals surface area contributed by atoms with Gasteiger partial charge in [-0.3, -0.25) is 0 Å². The van der Waals surface area contributed by atoms with Crippen LogP contribution in [0.3, 0.4) is 0 Å². The molecule has 2 aromatic carbocycles. The van der Waals surface area contributed by atoms with Gasteiger partial charge in [0.1, 0.15) is 11.5 Å². The Morgan fingerprint density at radius 3 is 1.63 bits per heavy atom. The van der Waals surface area contributed by atoms with Crippen LogP contribution in [0.25, 0.3) is 0 Å². The van der Waals surface area contributed by atoms with Crippen LogP contribution >= 0.6 is 7.82 Å². The summed E-state index contributed by atoms with van der Waals surface area (Å²) in [4.78, 5) is 0. The van der Waals surface area contributed by atoms with Crippen molar-refractivity contribution in [1.82, 2.24) is 5.48 Å². The first kappa shape index (κ1) is 13.6. The standard InChI is InChI=1S/C13H14NO4P/c1-14-18-19(15,16-12-8-4-2-5-9-12)17-13-10-6-3-7-11-13/h2-11,14H,1H3. The fourth-order valence-electron chi connectivity index (χ4n) is 1.39. The number of phosphoric ester groups is 1. The molecule has 0 aliphatic heterocycles. The first-order chi connectivity index (χ1) is 9.22. The third kappa shape index (κ3) is 4.10. The lowest BCUT2D eigenvalue weighted by Gasteiger charge is -2.17. The van der Waals surface area contributed by atoms with E-state index in [1.807, 2.05) is 12.1 Å². The van der Waals surface area contributed by atoms with Crippen LogP contribution in [-0.2, 0) is 9.19 Å². The Morgan fingerprint density at radius 2 is 1.26 bits per heavy atom. The number of nitrogens with one attached hydrogen (secondary N) is 1. The smallest absolute Gasteiger partial charge is 0.394 e.